The van der Waals surface area contributed by atoms with E-state index in [4.69, 9.17) is 24.0 Å². The topological polar surface area (TPSA) is 168 Å². The standard InChI is InChI=1S/C18H23N4O8P/c1-18(25)15(23)13(29-16(18)22-7-4-14(19)21-17(22)24)10-28-31(26)27-8-5-12(30-31)11-3-2-6-20-9-11/h2-4,6-7,9,12-13,15-16,23,25H,5,8,10H2,1H3,(H2,19,21,24)/t12?,13-,15-,16-,18-,31?/m1/s1. The van der Waals surface area contributed by atoms with Gasteiger partial charge in [-0.05, 0) is 24.6 Å². The summed E-state index contributed by atoms with van der Waals surface area (Å²) in [4.78, 5) is 19.7. The summed E-state index contributed by atoms with van der Waals surface area (Å²) in [5.41, 5.74) is 3.59. The highest BCUT2D eigenvalue weighted by molar-refractivity contribution is 7.48. The van der Waals surface area contributed by atoms with Crippen LogP contribution in [0.4, 0.5) is 5.82 Å². The van der Waals surface area contributed by atoms with Crippen molar-refractivity contribution >= 4 is 13.6 Å². The lowest BCUT2D eigenvalue weighted by Gasteiger charge is -2.29. The Kier molecular flexibility index (Phi) is 5.97. The lowest BCUT2D eigenvalue weighted by molar-refractivity contribution is -0.0989. The number of aliphatic hydroxyl groups excluding tert-OH is 1. The highest BCUT2D eigenvalue weighted by atomic mass is 31.2. The van der Waals surface area contributed by atoms with Gasteiger partial charge in [-0.25, -0.2) is 9.36 Å². The molecule has 0 aromatic carbocycles. The molecule has 0 amide bonds. The van der Waals surface area contributed by atoms with Crippen molar-refractivity contribution < 1.29 is 33.1 Å². The summed E-state index contributed by atoms with van der Waals surface area (Å²) in [6.45, 7) is 1.03. The molecule has 2 aromatic rings. The molecule has 2 saturated heterocycles. The van der Waals surface area contributed by atoms with E-state index in [0.29, 0.717) is 6.42 Å². The summed E-state index contributed by atoms with van der Waals surface area (Å²) < 4.78 is 35.7. The van der Waals surface area contributed by atoms with Gasteiger partial charge in [-0.3, -0.25) is 23.1 Å². The van der Waals surface area contributed by atoms with E-state index in [0.717, 1.165) is 10.1 Å². The Morgan fingerprint density at radius 2 is 2.26 bits per heavy atom. The van der Waals surface area contributed by atoms with Gasteiger partial charge in [0, 0.05) is 25.0 Å². The van der Waals surface area contributed by atoms with Crippen molar-refractivity contribution in [2.24, 2.45) is 0 Å². The summed E-state index contributed by atoms with van der Waals surface area (Å²) in [6.07, 6.45) is 0.589. The number of aliphatic hydroxyl groups is 2. The molecule has 0 saturated carbocycles. The Balaban J connectivity index is 1.46. The summed E-state index contributed by atoms with van der Waals surface area (Å²) >= 11 is 0. The van der Waals surface area contributed by atoms with Gasteiger partial charge in [0.1, 0.15) is 23.6 Å². The van der Waals surface area contributed by atoms with Crippen LogP contribution in [-0.2, 0) is 22.9 Å². The van der Waals surface area contributed by atoms with Gasteiger partial charge in [-0.15, -0.1) is 0 Å². The van der Waals surface area contributed by atoms with E-state index in [1.807, 2.05) is 0 Å². The van der Waals surface area contributed by atoms with Gasteiger partial charge in [0.15, 0.2) is 6.23 Å². The van der Waals surface area contributed by atoms with Crippen LogP contribution in [0.3, 0.4) is 0 Å². The molecule has 31 heavy (non-hydrogen) atoms. The van der Waals surface area contributed by atoms with Crippen LogP contribution in [0.15, 0.2) is 41.6 Å². The summed E-state index contributed by atoms with van der Waals surface area (Å²) in [6, 6.07) is 4.88. The Bertz CT molecular complexity index is 1030. The van der Waals surface area contributed by atoms with E-state index < -0.39 is 50.3 Å². The number of hydrogen-bond donors (Lipinski definition) is 3. The summed E-state index contributed by atoms with van der Waals surface area (Å²) in [5, 5.41) is 21.3. The maximum absolute atomic E-state index is 12.9. The highest BCUT2D eigenvalue weighted by Crippen LogP contribution is 2.57. The normalized spacial score (nSPS) is 35.8. The lowest BCUT2D eigenvalue weighted by Crippen LogP contribution is -2.46. The summed E-state index contributed by atoms with van der Waals surface area (Å²) in [7, 11) is -3.96. The maximum Gasteiger partial charge on any atom is 0.475 e. The van der Waals surface area contributed by atoms with E-state index in [-0.39, 0.29) is 12.4 Å². The van der Waals surface area contributed by atoms with Gasteiger partial charge in [0.05, 0.1) is 19.3 Å². The minimum Gasteiger partial charge on any atom is -0.387 e. The molecule has 2 unspecified atom stereocenters. The lowest BCUT2D eigenvalue weighted by atomic mass is 9.96. The van der Waals surface area contributed by atoms with Crippen molar-refractivity contribution in [1.29, 1.82) is 0 Å². The molecule has 13 heteroatoms. The number of nitrogens with two attached hydrogens (primary N) is 1. The van der Waals surface area contributed by atoms with Crippen molar-refractivity contribution in [3.8, 4) is 0 Å². The fourth-order valence-corrected chi connectivity index (χ4v) is 4.91. The van der Waals surface area contributed by atoms with Gasteiger partial charge in [0.2, 0.25) is 0 Å². The fourth-order valence-electron chi connectivity index (χ4n) is 3.52. The largest absolute Gasteiger partial charge is 0.475 e. The molecule has 4 rings (SSSR count). The first-order valence-electron chi connectivity index (χ1n) is 9.57. The second kappa shape index (κ2) is 8.40. The van der Waals surface area contributed by atoms with Crippen molar-refractivity contribution in [2.75, 3.05) is 18.9 Å². The number of nitrogen functional groups attached to an aromatic ring is 1. The van der Waals surface area contributed by atoms with Crippen molar-refractivity contribution in [1.82, 2.24) is 14.5 Å². The van der Waals surface area contributed by atoms with Crippen LogP contribution in [-0.4, -0.2) is 55.8 Å². The number of rotatable bonds is 5. The average Bonchev–Trinajstić information content (AvgIpc) is 2.96. The molecule has 6 atom stereocenters. The number of ether oxygens (including phenoxy) is 1. The number of pyridine rings is 1. The van der Waals surface area contributed by atoms with Gasteiger partial charge in [0.25, 0.3) is 0 Å². The van der Waals surface area contributed by atoms with Gasteiger partial charge in [-0.2, -0.15) is 4.98 Å². The highest BCUT2D eigenvalue weighted by Gasteiger charge is 2.54. The Morgan fingerprint density at radius 1 is 1.45 bits per heavy atom. The molecular formula is C18H23N4O8P. The zero-order valence-electron chi connectivity index (χ0n) is 16.6. The maximum atomic E-state index is 12.9. The molecule has 0 radical (unpaired) electrons. The minimum atomic E-state index is -3.96. The Hall–Kier alpha value is -2.18. The van der Waals surface area contributed by atoms with Crippen molar-refractivity contribution in [2.45, 2.75) is 43.5 Å². The first-order valence-corrected chi connectivity index (χ1v) is 11.0. The van der Waals surface area contributed by atoms with Gasteiger partial charge < -0.3 is 20.7 Å². The van der Waals surface area contributed by atoms with E-state index in [1.54, 1.807) is 24.5 Å². The predicted octanol–water partition coefficient (Wildman–Crippen LogP) is 0.533. The molecule has 0 aliphatic carbocycles. The third kappa shape index (κ3) is 4.41. The third-order valence-corrected chi connectivity index (χ3v) is 6.67. The molecule has 0 bridgehead atoms. The van der Waals surface area contributed by atoms with E-state index in [9.17, 15) is 19.6 Å². The first kappa shape index (κ1) is 22.0. The van der Waals surface area contributed by atoms with E-state index in [2.05, 4.69) is 9.97 Å². The van der Waals surface area contributed by atoms with Crippen LogP contribution in [0.5, 0.6) is 0 Å². The second-order valence-electron chi connectivity index (χ2n) is 7.49. The number of anilines is 1. The number of hydrogen-bond acceptors (Lipinski definition) is 11. The monoisotopic (exact) mass is 454 g/mol. The second-order valence-corrected chi connectivity index (χ2v) is 9.11. The molecular weight excluding hydrogens is 431 g/mol. The minimum absolute atomic E-state index is 0.00665. The van der Waals surface area contributed by atoms with Crippen molar-refractivity contribution in [3.05, 3.63) is 52.8 Å². The van der Waals surface area contributed by atoms with Crippen LogP contribution in [0.1, 0.15) is 31.2 Å². The molecule has 0 spiro atoms. The number of phosphoric ester groups is 1. The first-order chi connectivity index (χ1) is 14.7. The predicted molar refractivity (Wildman–Crippen MR) is 106 cm³/mol. The van der Waals surface area contributed by atoms with Crippen LogP contribution >= 0.6 is 7.82 Å². The van der Waals surface area contributed by atoms with Crippen molar-refractivity contribution in [3.63, 3.8) is 0 Å². The van der Waals surface area contributed by atoms with Crippen LogP contribution in [0, 0.1) is 0 Å². The van der Waals surface area contributed by atoms with Crippen LogP contribution in [0.25, 0.3) is 0 Å². The summed E-state index contributed by atoms with van der Waals surface area (Å²) in [5.74, 6) is 0.00665. The van der Waals surface area contributed by atoms with Crippen LogP contribution < -0.4 is 11.4 Å². The quantitative estimate of drug-likeness (QED) is 0.539. The SMILES string of the molecule is C[C@@]1(O)[C@H](O)[C@@H](COP2(=O)OCCC(c3cccnc3)O2)O[C@H]1n1ccc(N)nc1=O. The molecule has 4 N–H and O–H groups in total. The number of aromatic nitrogens is 3. The van der Waals surface area contributed by atoms with E-state index in [1.165, 1.54) is 19.2 Å². The number of phosphoric acid groups is 1. The molecule has 4 heterocycles. The van der Waals surface area contributed by atoms with Gasteiger partial charge in [-0.1, -0.05) is 6.07 Å². The Morgan fingerprint density at radius 3 is 2.97 bits per heavy atom. The zero-order valence-corrected chi connectivity index (χ0v) is 17.5. The molecule has 2 aliphatic heterocycles. The molecule has 2 aromatic heterocycles. The molecule has 12 nitrogen and oxygen atoms in total. The van der Waals surface area contributed by atoms with Crippen LogP contribution in [0.2, 0.25) is 0 Å². The molecule has 2 aliphatic rings. The van der Waals surface area contributed by atoms with E-state index >= 15 is 0 Å². The molecule has 168 valence electrons. The average molecular weight is 454 g/mol. The molecule has 2 fully saturated rings. The van der Waals surface area contributed by atoms with Gasteiger partial charge >= 0.3 is 13.5 Å². The third-order valence-electron chi connectivity index (χ3n) is 5.20. The zero-order chi connectivity index (χ0) is 22.2. The number of nitrogens with zero attached hydrogens (tertiary/aromatic N) is 3. The smallest absolute Gasteiger partial charge is 0.387 e. The Labute approximate surface area is 177 Å². The fraction of sp³-hybridized carbons (Fsp3) is 0.500.